The maximum absolute atomic E-state index is 5.42. The van der Waals surface area contributed by atoms with Gasteiger partial charge in [-0.2, -0.15) is 0 Å². The van der Waals surface area contributed by atoms with Crippen LogP contribution in [-0.2, 0) is 6.54 Å². The molecule has 0 saturated carbocycles. The SMILES string of the molecule is CCC(NCc1ccccn1)c1ccccc1OC. The maximum atomic E-state index is 5.42. The Morgan fingerprint density at radius 2 is 1.95 bits per heavy atom. The number of ether oxygens (including phenoxy) is 1. The summed E-state index contributed by atoms with van der Waals surface area (Å²) < 4.78 is 5.42. The molecule has 3 nitrogen and oxygen atoms in total. The zero-order valence-corrected chi connectivity index (χ0v) is 11.5. The highest BCUT2D eigenvalue weighted by Crippen LogP contribution is 2.26. The van der Waals surface area contributed by atoms with Crippen molar-refractivity contribution in [3.63, 3.8) is 0 Å². The predicted octanol–water partition coefficient (Wildman–Crippen LogP) is 3.33. The summed E-state index contributed by atoms with van der Waals surface area (Å²) in [6, 6.07) is 14.4. The molecule has 2 rings (SSSR count). The minimum atomic E-state index is 0.276. The summed E-state index contributed by atoms with van der Waals surface area (Å²) >= 11 is 0. The van der Waals surface area contributed by atoms with Gasteiger partial charge in [0, 0.05) is 24.3 Å². The van der Waals surface area contributed by atoms with Gasteiger partial charge in [-0.3, -0.25) is 4.98 Å². The van der Waals surface area contributed by atoms with Gasteiger partial charge in [-0.1, -0.05) is 31.2 Å². The molecule has 1 heterocycles. The number of para-hydroxylation sites is 1. The van der Waals surface area contributed by atoms with Crippen LogP contribution in [0.15, 0.2) is 48.7 Å². The van der Waals surface area contributed by atoms with Gasteiger partial charge in [0.1, 0.15) is 5.75 Å². The summed E-state index contributed by atoms with van der Waals surface area (Å²) in [5.41, 5.74) is 2.25. The van der Waals surface area contributed by atoms with E-state index in [1.165, 1.54) is 5.56 Å². The lowest BCUT2D eigenvalue weighted by molar-refractivity contribution is 0.396. The smallest absolute Gasteiger partial charge is 0.123 e. The van der Waals surface area contributed by atoms with Gasteiger partial charge in [-0.15, -0.1) is 0 Å². The molecule has 3 heteroatoms. The van der Waals surface area contributed by atoms with Gasteiger partial charge in [0.25, 0.3) is 0 Å². The van der Waals surface area contributed by atoms with Crippen molar-refractivity contribution < 1.29 is 4.74 Å². The van der Waals surface area contributed by atoms with Crippen molar-refractivity contribution in [1.82, 2.24) is 10.3 Å². The number of hydrogen-bond donors (Lipinski definition) is 1. The zero-order valence-electron chi connectivity index (χ0n) is 11.5. The van der Waals surface area contributed by atoms with E-state index in [1.54, 1.807) is 7.11 Å². The first-order chi connectivity index (χ1) is 9.35. The number of hydrogen-bond acceptors (Lipinski definition) is 3. The van der Waals surface area contributed by atoms with E-state index in [0.29, 0.717) is 0 Å². The first kappa shape index (κ1) is 13.6. The monoisotopic (exact) mass is 256 g/mol. The van der Waals surface area contributed by atoms with Crippen molar-refractivity contribution in [1.29, 1.82) is 0 Å². The molecule has 1 N–H and O–H groups in total. The molecule has 19 heavy (non-hydrogen) atoms. The maximum Gasteiger partial charge on any atom is 0.123 e. The van der Waals surface area contributed by atoms with Gasteiger partial charge in [-0.05, 0) is 24.6 Å². The van der Waals surface area contributed by atoms with E-state index < -0.39 is 0 Å². The number of rotatable bonds is 6. The summed E-state index contributed by atoms with van der Waals surface area (Å²) in [5.74, 6) is 0.933. The number of nitrogens with one attached hydrogen (secondary N) is 1. The van der Waals surface area contributed by atoms with Gasteiger partial charge < -0.3 is 10.1 Å². The molecule has 0 radical (unpaired) electrons. The standard InChI is InChI=1S/C16H20N2O/c1-3-15(14-9-4-5-10-16(14)19-2)18-12-13-8-6-7-11-17-13/h4-11,15,18H,3,12H2,1-2H3. The summed E-state index contributed by atoms with van der Waals surface area (Å²) in [7, 11) is 1.71. The van der Waals surface area contributed by atoms with Crippen molar-refractivity contribution in [3.05, 3.63) is 59.9 Å². The van der Waals surface area contributed by atoms with Crippen LogP contribution in [-0.4, -0.2) is 12.1 Å². The fraction of sp³-hybridized carbons (Fsp3) is 0.312. The lowest BCUT2D eigenvalue weighted by Crippen LogP contribution is -2.21. The first-order valence-electron chi connectivity index (χ1n) is 6.61. The summed E-state index contributed by atoms with van der Waals surface area (Å²) in [4.78, 5) is 4.33. The van der Waals surface area contributed by atoms with E-state index in [2.05, 4.69) is 23.3 Å². The zero-order chi connectivity index (χ0) is 13.5. The molecule has 0 spiro atoms. The van der Waals surface area contributed by atoms with E-state index >= 15 is 0 Å². The quantitative estimate of drug-likeness (QED) is 0.860. The Balaban J connectivity index is 2.08. The molecule has 0 bridgehead atoms. The summed E-state index contributed by atoms with van der Waals surface area (Å²) in [6.45, 7) is 2.93. The van der Waals surface area contributed by atoms with E-state index in [-0.39, 0.29) is 6.04 Å². The van der Waals surface area contributed by atoms with Crippen LogP contribution in [0.25, 0.3) is 0 Å². The first-order valence-corrected chi connectivity index (χ1v) is 6.61. The second kappa shape index (κ2) is 6.90. The number of nitrogens with zero attached hydrogens (tertiary/aromatic N) is 1. The third-order valence-corrected chi connectivity index (χ3v) is 3.18. The molecule has 1 aromatic carbocycles. The third kappa shape index (κ3) is 3.55. The summed E-state index contributed by atoms with van der Waals surface area (Å²) in [6.07, 6.45) is 2.83. The summed E-state index contributed by atoms with van der Waals surface area (Å²) in [5, 5.41) is 3.53. The lowest BCUT2D eigenvalue weighted by atomic mass is 10.0. The molecule has 0 saturated heterocycles. The number of aromatic nitrogens is 1. The molecule has 0 aliphatic carbocycles. The topological polar surface area (TPSA) is 34.2 Å². The van der Waals surface area contributed by atoms with Crippen LogP contribution < -0.4 is 10.1 Å². The fourth-order valence-electron chi connectivity index (χ4n) is 2.16. The molecule has 0 amide bonds. The minimum absolute atomic E-state index is 0.276. The normalized spacial score (nSPS) is 12.1. The van der Waals surface area contributed by atoms with Crippen LogP contribution in [0.1, 0.15) is 30.6 Å². The van der Waals surface area contributed by atoms with Gasteiger partial charge >= 0.3 is 0 Å². The molecule has 1 atom stereocenters. The third-order valence-electron chi connectivity index (χ3n) is 3.18. The Morgan fingerprint density at radius 3 is 2.63 bits per heavy atom. The molecular formula is C16H20N2O. The Morgan fingerprint density at radius 1 is 1.16 bits per heavy atom. The Hall–Kier alpha value is -1.87. The molecule has 0 aliphatic heterocycles. The number of pyridine rings is 1. The van der Waals surface area contributed by atoms with Gasteiger partial charge in [0.05, 0.1) is 12.8 Å². The van der Waals surface area contributed by atoms with Gasteiger partial charge in [0.15, 0.2) is 0 Å². The molecule has 100 valence electrons. The average Bonchev–Trinajstić information content (AvgIpc) is 2.49. The van der Waals surface area contributed by atoms with Crippen LogP contribution in [0.2, 0.25) is 0 Å². The van der Waals surface area contributed by atoms with E-state index in [1.807, 2.05) is 42.6 Å². The molecule has 1 aromatic heterocycles. The highest BCUT2D eigenvalue weighted by atomic mass is 16.5. The fourth-order valence-corrected chi connectivity index (χ4v) is 2.16. The van der Waals surface area contributed by atoms with Crippen molar-refractivity contribution in [2.45, 2.75) is 25.9 Å². The second-order valence-corrected chi connectivity index (χ2v) is 4.40. The number of benzene rings is 1. The van der Waals surface area contributed by atoms with Crippen LogP contribution in [0, 0.1) is 0 Å². The van der Waals surface area contributed by atoms with Crippen molar-refractivity contribution in [2.75, 3.05) is 7.11 Å². The van der Waals surface area contributed by atoms with E-state index in [4.69, 9.17) is 4.74 Å². The highest BCUT2D eigenvalue weighted by molar-refractivity contribution is 5.35. The average molecular weight is 256 g/mol. The predicted molar refractivity (Wildman–Crippen MR) is 77.1 cm³/mol. The van der Waals surface area contributed by atoms with Crippen LogP contribution in [0.5, 0.6) is 5.75 Å². The van der Waals surface area contributed by atoms with Crippen molar-refractivity contribution in [3.8, 4) is 5.75 Å². The molecule has 0 fully saturated rings. The molecule has 1 unspecified atom stereocenters. The lowest BCUT2D eigenvalue weighted by Gasteiger charge is -2.19. The van der Waals surface area contributed by atoms with E-state index in [0.717, 1.165) is 24.4 Å². The van der Waals surface area contributed by atoms with Gasteiger partial charge in [0.2, 0.25) is 0 Å². The number of methoxy groups -OCH3 is 1. The van der Waals surface area contributed by atoms with Crippen LogP contribution >= 0.6 is 0 Å². The van der Waals surface area contributed by atoms with Gasteiger partial charge in [-0.25, -0.2) is 0 Å². The minimum Gasteiger partial charge on any atom is -0.496 e. The van der Waals surface area contributed by atoms with Crippen LogP contribution in [0.3, 0.4) is 0 Å². The Bertz CT molecular complexity index is 499. The van der Waals surface area contributed by atoms with E-state index in [9.17, 15) is 0 Å². The second-order valence-electron chi connectivity index (χ2n) is 4.40. The van der Waals surface area contributed by atoms with Crippen molar-refractivity contribution >= 4 is 0 Å². The van der Waals surface area contributed by atoms with Crippen LogP contribution in [0.4, 0.5) is 0 Å². The molecular weight excluding hydrogens is 236 g/mol. The van der Waals surface area contributed by atoms with Crippen molar-refractivity contribution in [2.24, 2.45) is 0 Å². The molecule has 0 aliphatic rings. The Labute approximate surface area is 114 Å². The molecule has 2 aromatic rings. The largest absolute Gasteiger partial charge is 0.496 e. The highest BCUT2D eigenvalue weighted by Gasteiger charge is 2.13. The Kier molecular flexibility index (Phi) is 4.93.